The Bertz CT molecular complexity index is 164. The summed E-state index contributed by atoms with van der Waals surface area (Å²) in [5, 5.41) is 0. The Balaban J connectivity index is 2.80. The Morgan fingerprint density at radius 1 is 1.75 bits per heavy atom. The molecule has 0 aromatic carbocycles. The van der Waals surface area contributed by atoms with Crippen molar-refractivity contribution in [1.82, 2.24) is 0 Å². The van der Waals surface area contributed by atoms with Gasteiger partial charge in [0.2, 0.25) is 0 Å². The molecule has 1 heteroatoms. The fourth-order valence-corrected chi connectivity index (χ4v) is 2.67. The number of allylic oxidation sites excluding steroid dienone is 1. The second kappa shape index (κ2) is 3.61. The lowest BCUT2D eigenvalue weighted by Gasteiger charge is -2.37. The van der Waals surface area contributed by atoms with E-state index in [9.17, 15) is 0 Å². The van der Waals surface area contributed by atoms with Crippen LogP contribution in [-0.4, -0.2) is 6.54 Å². The molecule has 0 aliphatic heterocycles. The molecule has 0 bridgehead atoms. The summed E-state index contributed by atoms with van der Waals surface area (Å²) < 4.78 is 0. The SMILES string of the molecule is C=CC(C)C1(CN)CCCC1C. The molecule has 1 nitrogen and oxygen atoms in total. The van der Waals surface area contributed by atoms with Crippen molar-refractivity contribution in [2.45, 2.75) is 33.1 Å². The summed E-state index contributed by atoms with van der Waals surface area (Å²) in [7, 11) is 0. The van der Waals surface area contributed by atoms with E-state index in [1.807, 2.05) is 0 Å². The van der Waals surface area contributed by atoms with Crippen molar-refractivity contribution in [2.24, 2.45) is 23.0 Å². The number of hydrogen-bond acceptors (Lipinski definition) is 1. The van der Waals surface area contributed by atoms with Gasteiger partial charge in [0.05, 0.1) is 0 Å². The van der Waals surface area contributed by atoms with E-state index in [1.165, 1.54) is 19.3 Å². The molecule has 70 valence electrons. The molecule has 1 aliphatic rings. The van der Waals surface area contributed by atoms with Crippen LogP contribution in [0.1, 0.15) is 33.1 Å². The van der Waals surface area contributed by atoms with Crippen LogP contribution in [0.25, 0.3) is 0 Å². The average Bonchev–Trinajstić information content (AvgIpc) is 2.46. The van der Waals surface area contributed by atoms with E-state index in [4.69, 9.17) is 5.73 Å². The standard InChI is InChI=1S/C11H21N/c1-4-9(2)11(8-12)7-5-6-10(11)3/h4,9-10H,1,5-8,12H2,2-3H3. The molecule has 1 rings (SSSR count). The highest BCUT2D eigenvalue weighted by molar-refractivity contribution is 4.99. The van der Waals surface area contributed by atoms with Crippen LogP contribution in [0.3, 0.4) is 0 Å². The highest BCUT2D eigenvalue weighted by Crippen LogP contribution is 2.48. The average molecular weight is 167 g/mol. The first kappa shape index (κ1) is 9.79. The molecule has 0 spiro atoms. The maximum Gasteiger partial charge on any atom is -0.00124 e. The lowest BCUT2D eigenvalue weighted by atomic mass is 9.69. The molecule has 2 N–H and O–H groups in total. The lowest BCUT2D eigenvalue weighted by molar-refractivity contribution is 0.164. The van der Waals surface area contributed by atoms with Crippen LogP contribution in [0.4, 0.5) is 0 Å². The van der Waals surface area contributed by atoms with Crippen molar-refractivity contribution in [2.75, 3.05) is 6.54 Å². The summed E-state index contributed by atoms with van der Waals surface area (Å²) in [6.45, 7) is 9.28. The minimum atomic E-state index is 0.363. The van der Waals surface area contributed by atoms with Gasteiger partial charge >= 0.3 is 0 Å². The van der Waals surface area contributed by atoms with E-state index in [0.29, 0.717) is 11.3 Å². The van der Waals surface area contributed by atoms with Gasteiger partial charge < -0.3 is 5.73 Å². The maximum atomic E-state index is 5.89. The number of rotatable bonds is 3. The lowest BCUT2D eigenvalue weighted by Crippen LogP contribution is -2.38. The van der Waals surface area contributed by atoms with E-state index in [-0.39, 0.29) is 0 Å². The van der Waals surface area contributed by atoms with Crippen molar-refractivity contribution in [1.29, 1.82) is 0 Å². The van der Waals surface area contributed by atoms with Crippen LogP contribution in [0, 0.1) is 17.3 Å². The summed E-state index contributed by atoms with van der Waals surface area (Å²) in [5.74, 6) is 1.34. The third-order valence-corrected chi connectivity index (χ3v) is 3.90. The fraction of sp³-hybridized carbons (Fsp3) is 0.818. The molecule has 0 heterocycles. The third kappa shape index (κ3) is 1.31. The van der Waals surface area contributed by atoms with Gasteiger partial charge in [-0.1, -0.05) is 32.8 Å². The molecule has 1 aliphatic carbocycles. The van der Waals surface area contributed by atoms with Gasteiger partial charge in [0.1, 0.15) is 0 Å². The number of nitrogens with two attached hydrogens (primary N) is 1. The molecule has 1 saturated carbocycles. The molecule has 12 heavy (non-hydrogen) atoms. The number of hydrogen-bond donors (Lipinski definition) is 1. The first-order valence-electron chi connectivity index (χ1n) is 5.00. The normalized spacial score (nSPS) is 38.1. The monoisotopic (exact) mass is 167 g/mol. The molecule has 3 atom stereocenters. The molecule has 3 unspecified atom stereocenters. The maximum absolute atomic E-state index is 5.89. The van der Waals surface area contributed by atoms with Gasteiger partial charge in [0, 0.05) is 0 Å². The van der Waals surface area contributed by atoms with E-state index >= 15 is 0 Å². The van der Waals surface area contributed by atoms with Gasteiger partial charge in [-0.15, -0.1) is 6.58 Å². The fourth-order valence-electron chi connectivity index (χ4n) is 2.67. The van der Waals surface area contributed by atoms with Gasteiger partial charge in [-0.25, -0.2) is 0 Å². The summed E-state index contributed by atoms with van der Waals surface area (Å²) in [6, 6.07) is 0. The first-order chi connectivity index (χ1) is 5.67. The van der Waals surface area contributed by atoms with Crippen LogP contribution in [0.15, 0.2) is 12.7 Å². The van der Waals surface area contributed by atoms with Gasteiger partial charge in [0.25, 0.3) is 0 Å². The Labute approximate surface area is 76.0 Å². The Hall–Kier alpha value is -0.300. The zero-order valence-corrected chi connectivity index (χ0v) is 8.34. The molecule has 0 saturated heterocycles. The Kier molecular flexibility index (Phi) is 2.94. The van der Waals surface area contributed by atoms with Crippen molar-refractivity contribution in [3.63, 3.8) is 0 Å². The van der Waals surface area contributed by atoms with Gasteiger partial charge in [-0.2, -0.15) is 0 Å². The summed E-state index contributed by atoms with van der Waals surface area (Å²) in [6.07, 6.45) is 6.04. The van der Waals surface area contributed by atoms with Crippen LogP contribution in [-0.2, 0) is 0 Å². The summed E-state index contributed by atoms with van der Waals surface area (Å²) >= 11 is 0. The highest BCUT2D eigenvalue weighted by Gasteiger charge is 2.41. The van der Waals surface area contributed by atoms with E-state index in [0.717, 1.165) is 12.5 Å². The quantitative estimate of drug-likeness (QED) is 0.642. The van der Waals surface area contributed by atoms with Gasteiger partial charge in [0.15, 0.2) is 0 Å². The Morgan fingerprint density at radius 3 is 2.75 bits per heavy atom. The third-order valence-electron chi connectivity index (χ3n) is 3.90. The van der Waals surface area contributed by atoms with Crippen LogP contribution in [0.5, 0.6) is 0 Å². The molecule has 0 aromatic rings. The molecular weight excluding hydrogens is 146 g/mol. The molecule has 0 amide bonds. The van der Waals surface area contributed by atoms with E-state index in [2.05, 4.69) is 26.5 Å². The predicted octanol–water partition coefficient (Wildman–Crippen LogP) is 2.57. The van der Waals surface area contributed by atoms with Crippen LogP contribution in [0.2, 0.25) is 0 Å². The van der Waals surface area contributed by atoms with Gasteiger partial charge in [-0.3, -0.25) is 0 Å². The summed E-state index contributed by atoms with van der Waals surface area (Å²) in [5.41, 5.74) is 6.25. The minimum absolute atomic E-state index is 0.363. The molecular formula is C11H21N. The minimum Gasteiger partial charge on any atom is -0.330 e. The van der Waals surface area contributed by atoms with Crippen molar-refractivity contribution in [3.8, 4) is 0 Å². The molecule has 0 aromatic heterocycles. The van der Waals surface area contributed by atoms with E-state index in [1.54, 1.807) is 0 Å². The zero-order chi connectivity index (χ0) is 9.19. The highest BCUT2D eigenvalue weighted by atomic mass is 14.6. The largest absolute Gasteiger partial charge is 0.330 e. The second-order valence-electron chi connectivity index (χ2n) is 4.25. The molecule has 1 fully saturated rings. The topological polar surface area (TPSA) is 26.0 Å². The first-order valence-corrected chi connectivity index (χ1v) is 5.00. The summed E-state index contributed by atoms with van der Waals surface area (Å²) in [4.78, 5) is 0. The smallest absolute Gasteiger partial charge is 0.00124 e. The van der Waals surface area contributed by atoms with Crippen molar-refractivity contribution in [3.05, 3.63) is 12.7 Å². The van der Waals surface area contributed by atoms with Gasteiger partial charge in [-0.05, 0) is 30.2 Å². The van der Waals surface area contributed by atoms with Crippen LogP contribution < -0.4 is 5.73 Å². The Morgan fingerprint density at radius 2 is 2.42 bits per heavy atom. The zero-order valence-electron chi connectivity index (χ0n) is 8.34. The van der Waals surface area contributed by atoms with Crippen LogP contribution >= 0.6 is 0 Å². The van der Waals surface area contributed by atoms with E-state index < -0.39 is 0 Å². The predicted molar refractivity (Wildman–Crippen MR) is 53.9 cm³/mol. The molecule has 0 radical (unpaired) electrons. The second-order valence-corrected chi connectivity index (χ2v) is 4.25. The van der Waals surface area contributed by atoms with Crippen molar-refractivity contribution < 1.29 is 0 Å². The van der Waals surface area contributed by atoms with Crippen molar-refractivity contribution >= 4 is 0 Å².